The Morgan fingerprint density at radius 2 is 1.14 bits per heavy atom. The molecule has 0 radical (unpaired) electrons. The van der Waals surface area contributed by atoms with E-state index in [1.165, 1.54) is 0 Å². The monoisotopic (exact) mass is 376 g/mol. The van der Waals surface area contributed by atoms with Gasteiger partial charge < -0.3 is 0 Å². The molecule has 0 saturated carbocycles. The van der Waals surface area contributed by atoms with Crippen LogP contribution < -0.4 is 5.69 Å². The van der Waals surface area contributed by atoms with E-state index in [0.29, 0.717) is 17.2 Å². The highest BCUT2D eigenvalue weighted by molar-refractivity contribution is 5.78. The predicted molar refractivity (Wildman–Crippen MR) is 113 cm³/mol. The molecule has 29 heavy (non-hydrogen) atoms. The van der Waals surface area contributed by atoms with Crippen LogP contribution in [0.5, 0.6) is 0 Å². The topological polar surface area (TPSA) is 60.2 Å². The first-order valence-electron chi connectivity index (χ1n) is 9.27. The first-order chi connectivity index (χ1) is 14.3. The van der Waals surface area contributed by atoms with Gasteiger partial charge in [-0.3, -0.25) is 4.40 Å². The van der Waals surface area contributed by atoms with Crippen LogP contribution in [-0.2, 0) is 0 Å². The average Bonchev–Trinajstić information content (AvgIpc) is 2.79. The molecule has 0 N–H and O–H groups in total. The zero-order valence-electron chi connectivity index (χ0n) is 15.4. The first-order valence-corrected chi connectivity index (χ1v) is 9.27. The fourth-order valence-electron chi connectivity index (χ4n) is 3.35. The minimum atomic E-state index is -0.532. The van der Waals surface area contributed by atoms with Crippen LogP contribution >= 0.6 is 0 Å². The van der Waals surface area contributed by atoms with Crippen LogP contribution in [0.2, 0.25) is 0 Å². The Morgan fingerprint density at radius 3 is 1.76 bits per heavy atom. The lowest BCUT2D eigenvalue weighted by Crippen LogP contribution is -2.17. The Morgan fingerprint density at radius 1 is 0.586 bits per heavy atom. The van der Waals surface area contributed by atoms with E-state index < -0.39 is 5.69 Å². The minimum Gasteiger partial charge on any atom is -0.281 e. The van der Waals surface area contributed by atoms with Crippen molar-refractivity contribution in [2.45, 2.75) is 0 Å². The summed E-state index contributed by atoms with van der Waals surface area (Å²) in [4.78, 5) is 25.6. The van der Waals surface area contributed by atoms with E-state index in [1.54, 1.807) is 0 Å². The van der Waals surface area contributed by atoms with Gasteiger partial charge in [0.2, 0.25) is 0 Å². The third kappa shape index (κ3) is 3.19. The van der Waals surface area contributed by atoms with Crippen LogP contribution in [0, 0.1) is 0 Å². The highest BCUT2D eigenvalue weighted by Gasteiger charge is 2.15. The zero-order chi connectivity index (χ0) is 19.6. The van der Waals surface area contributed by atoms with Crippen molar-refractivity contribution >= 4 is 5.65 Å². The normalized spacial score (nSPS) is 10.9. The molecule has 5 heteroatoms. The summed E-state index contributed by atoms with van der Waals surface area (Å²) in [6.07, 6.45) is 1.89. The third-order valence-electron chi connectivity index (χ3n) is 4.70. The quantitative estimate of drug-likeness (QED) is 0.466. The summed E-state index contributed by atoms with van der Waals surface area (Å²) in [6.45, 7) is 0. The molecule has 0 fully saturated rings. The molecular formula is C24H16N4O. The minimum absolute atomic E-state index is 0.481. The summed E-state index contributed by atoms with van der Waals surface area (Å²) in [6, 6.07) is 29.3. The van der Waals surface area contributed by atoms with E-state index in [0.717, 1.165) is 22.4 Å². The van der Waals surface area contributed by atoms with Crippen molar-refractivity contribution in [3.63, 3.8) is 0 Å². The van der Waals surface area contributed by atoms with Gasteiger partial charge in [0.05, 0.1) is 5.69 Å². The molecule has 0 atom stereocenters. The summed E-state index contributed by atoms with van der Waals surface area (Å²) in [5.41, 5.74) is 4.07. The Balaban J connectivity index is 1.90. The molecule has 0 unspecified atom stereocenters. The van der Waals surface area contributed by atoms with Crippen molar-refractivity contribution in [2.75, 3.05) is 0 Å². The highest BCUT2D eigenvalue weighted by Crippen LogP contribution is 2.27. The average molecular weight is 376 g/mol. The summed E-state index contributed by atoms with van der Waals surface area (Å²) in [5.74, 6) is 0.539. The van der Waals surface area contributed by atoms with Crippen LogP contribution in [0.1, 0.15) is 0 Å². The van der Waals surface area contributed by atoms with Gasteiger partial charge in [0.1, 0.15) is 5.69 Å². The van der Waals surface area contributed by atoms with Crippen LogP contribution in [0.4, 0.5) is 0 Å². The van der Waals surface area contributed by atoms with E-state index in [2.05, 4.69) is 9.97 Å². The lowest BCUT2D eigenvalue weighted by atomic mass is 10.1. The van der Waals surface area contributed by atoms with Gasteiger partial charge in [-0.25, -0.2) is 9.78 Å². The SMILES string of the molecule is O=c1nc(-c2ccccc2)n2cc(-c3ccccc3)nc(-c3ccccc3)c2n1. The predicted octanol–water partition coefficient (Wildman–Crippen LogP) is 4.49. The van der Waals surface area contributed by atoms with Gasteiger partial charge in [-0.05, 0) is 0 Å². The molecule has 3 aromatic carbocycles. The van der Waals surface area contributed by atoms with Crippen LogP contribution in [0.25, 0.3) is 39.5 Å². The number of aromatic nitrogens is 4. The number of hydrogen-bond acceptors (Lipinski definition) is 4. The van der Waals surface area contributed by atoms with Crippen molar-refractivity contribution < 1.29 is 0 Å². The van der Waals surface area contributed by atoms with E-state index in [4.69, 9.17) is 4.98 Å². The molecule has 0 aliphatic carbocycles. The molecule has 138 valence electrons. The number of fused-ring (bicyclic) bond motifs is 1. The molecular weight excluding hydrogens is 360 g/mol. The Bertz CT molecular complexity index is 1350. The van der Waals surface area contributed by atoms with E-state index in [9.17, 15) is 4.79 Å². The van der Waals surface area contributed by atoms with Crippen molar-refractivity contribution in [3.8, 4) is 33.9 Å². The molecule has 2 aromatic heterocycles. The van der Waals surface area contributed by atoms with Crippen LogP contribution in [0.3, 0.4) is 0 Å². The fourth-order valence-corrected chi connectivity index (χ4v) is 3.35. The maximum Gasteiger partial charge on any atom is 0.371 e. The zero-order valence-corrected chi connectivity index (χ0v) is 15.4. The molecule has 2 heterocycles. The second kappa shape index (κ2) is 7.13. The van der Waals surface area contributed by atoms with E-state index in [1.807, 2.05) is 102 Å². The number of nitrogens with zero attached hydrogens (tertiary/aromatic N) is 4. The maximum absolute atomic E-state index is 12.4. The van der Waals surface area contributed by atoms with Crippen LogP contribution in [0.15, 0.2) is 102 Å². The van der Waals surface area contributed by atoms with Gasteiger partial charge in [0.15, 0.2) is 11.5 Å². The Labute approximate surface area is 167 Å². The summed E-state index contributed by atoms with van der Waals surface area (Å²) < 4.78 is 1.86. The first kappa shape index (κ1) is 17.0. The smallest absolute Gasteiger partial charge is 0.281 e. The van der Waals surface area contributed by atoms with Gasteiger partial charge in [0.25, 0.3) is 0 Å². The second-order valence-corrected chi connectivity index (χ2v) is 6.60. The van der Waals surface area contributed by atoms with Crippen LogP contribution in [-0.4, -0.2) is 19.4 Å². The Kier molecular flexibility index (Phi) is 4.18. The van der Waals surface area contributed by atoms with E-state index in [-0.39, 0.29) is 0 Å². The van der Waals surface area contributed by atoms with Gasteiger partial charge in [-0.2, -0.15) is 9.97 Å². The molecule has 0 amide bonds. The number of hydrogen-bond donors (Lipinski definition) is 0. The fraction of sp³-hybridized carbons (Fsp3) is 0. The molecule has 0 aliphatic heterocycles. The lowest BCUT2D eigenvalue weighted by Gasteiger charge is -2.13. The molecule has 0 bridgehead atoms. The summed E-state index contributed by atoms with van der Waals surface area (Å²) >= 11 is 0. The number of benzene rings is 3. The molecule has 0 saturated heterocycles. The van der Waals surface area contributed by atoms with Crippen molar-refractivity contribution in [2.24, 2.45) is 0 Å². The standard InChI is InChI=1S/C24H16N4O/c29-24-26-22(19-14-8-3-9-15-19)28-16-20(17-10-4-1-5-11-17)25-21(23(28)27-24)18-12-6-2-7-13-18/h1-16H. The highest BCUT2D eigenvalue weighted by atomic mass is 16.1. The lowest BCUT2D eigenvalue weighted by molar-refractivity contribution is 0.963. The largest absolute Gasteiger partial charge is 0.371 e. The Hall–Kier alpha value is -4.12. The van der Waals surface area contributed by atoms with Gasteiger partial charge in [0, 0.05) is 22.9 Å². The molecule has 5 rings (SSSR count). The number of rotatable bonds is 3. The van der Waals surface area contributed by atoms with Crippen molar-refractivity contribution in [1.82, 2.24) is 19.4 Å². The third-order valence-corrected chi connectivity index (χ3v) is 4.70. The molecule has 0 spiro atoms. The van der Waals surface area contributed by atoms with E-state index >= 15 is 0 Å². The summed E-state index contributed by atoms with van der Waals surface area (Å²) in [5, 5.41) is 0. The molecule has 5 aromatic rings. The van der Waals surface area contributed by atoms with Gasteiger partial charge in [-0.15, -0.1) is 0 Å². The summed E-state index contributed by atoms with van der Waals surface area (Å²) in [7, 11) is 0. The maximum atomic E-state index is 12.4. The van der Waals surface area contributed by atoms with Crippen molar-refractivity contribution in [3.05, 3.63) is 108 Å². The molecule has 5 nitrogen and oxygen atoms in total. The van der Waals surface area contributed by atoms with Gasteiger partial charge >= 0.3 is 5.69 Å². The second-order valence-electron chi connectivity index (χ2n) is 6.60. The molecule has 0 aliphatic rings. The van der Waals surface area contributed by atoms with Gasteiger partial charge in [-0.1, -0.05) is 91.0 Å². The van der Waals surface area contributed by atoms with Crippen molar-refractivity contribution in [1.29, 1.82) is 0 Å².